The van der Waals surface area contributed by atoms with Gasteiger partial charge in [-0.3, -0.25) is 0 Å². The SMILES string of the molecule is Cc1ccc2cc(CNCCc3ccc(Cl)c(Cl)c3)oc2c1. The van der Waals surface area contributed by atoms with Gasteiger partial charge in [-0.15, -0.1) is 0 Å². The summed E-state index contributed by atoms with van der Waals surface area (Å²) in [6.07, 6.45) is 0.899. The molecule has 0 aliphatic heterocycles. The van der Waals surface area contributed by atoms with Crippen molar-refractivity contribution >= 4 is 34.2 Å². The molecule has 3 aromatic rings. The molecule has 0 saturated heterocycles. The van der Waals surface area contributed by atoms with Crippen LogP contribution < -0.4 is 5.32 Å². The number of aryl methyl sites for hydroxylation is 1. The highest BCUT2D eigenvalue weighted by atomic mass is 35.5. The molecule has 0 bridgehead atoms. The molecule has 2 aromatic carbocycles. The van der Waals surface area contributed by atoms with Crippen molar-refractivity contribution in [2.24, 2.45) is 0 Å². The van der Waals surface area contributed by atoms with Crippen LogP contribution in [0.15, 0.2) is 46.9 Å². The first-order valence-electron chi connectivity index (χ1n) is 7.25. The lowest BCUT2D eigenvalue weighted by Gasteiger charge is -2.04. The molecule has 1 heterocycles. The Morgan fingerprint density at radius 3 is 2.68 bits per heavy atom. The second-order valence-corrected chi connectivity index (χ2v) is 6.24. The van der Waals surface area contributed by atoms with Crippen LogP contribution in [0.25, 0.3) is 11.0 Å². The predicted octanol–water partition coefficient (Wildman–Crippen LogP) is 5.38. The number of furan rings is 1. The fourth-order valence-electron chi connectivity index (χ4n) is 2.42. The van der Waals surface area contributed by atoms with Gasteiger partial charge in [0.25, 0.3) is 0 Å². The van der Waals surface area contributed by atoms with E-state index >= 15 is 0 Å². The van der Waals surface area contributed by atoms with E-state index in [1.54, 1.807) is 0 Å². The van der Waals surface area contributed by atoms with Gasteiger partial charge >= 0.3 is 0 Å². The Bertz CT molecular complexity index is 795. The number of rotatable bonds is 5. The van der Waals surface area contributed by atoms with Gasteiger partial charge < -0.3 is 9.73 Å². The summed E-state index contributed by atoms with van der Waals surface area (Å²) in [6, 6.07) is 14.1. The summed E-state index contributed by atoms with van der Waals surface area (Å²) >= 11 is 11.9. The lowest BCUT2D eigenvalue weighted by Crippen LogP contribution is -2.16. The number of halogens is 2. The first-order valence-corrected chi connectivity index (χ1v) is 8.01. The van der Waals surface area contributed by atoms with Crippen molar-refractivity contribution < 1.29 is 4.42 Å². The topological polar surface area (TPSA) is 25.2 Å². The van der Waals surface area contributed by atoms with E-state index in [4.69, 9.17) is 27.6 Å². The lowest BCUT2D eigenvalue weighted by atomic mass is 10.1. The third kappa shape index (κ3) is 3.64. The molecule has 0 radical (unpaired) electrons. The van der Waals surface area contributed by atoms with Crippen LogP contribution in [-0.4, -0.2) is 6.54 Å². The maximum Gasteiger partial charge on any atom is 0.134 e. The van der Waals surface area contributed by atoms with E-state index in [1.807, 2.05) is 18.2 Å². The Morgan fingerprint density at radius 1 is 1.00 bits per heavy atom. The van der Waals surface area contributed by atoms with E-state index in [9.17, 15) is 0 Å². The van der Waals surface area contributed by atoms with Gasteiger partial charge in [-0.2, -0.15) is 0 Å². The maximum absolute atomic E-state index is 6.01. The molecule has 4 heteroatoms. The van der Waals surface area contributed by atoms with Crippen LogP contribution in [-0.2, 0) is 13.0 Å². The van der Waals surface area contributed by atoms with Crippen molar-refractivity contribution in [3.8, 4) is 0 Å². The quantitative estimate of drug-likeness (QED) is 0.634. The fraction of sp³-hybridized carbons (Fsp3) is 0.222. The predicted molar refractivity (Wildman–Crippen MR) is 92.8 cm³/mol. The minimum atomic E-state index is 0.593. The van der Waals surface area contributed by atoms with Crippen LogP contribution in [0.1, 0.15) is 16.9 Å². The smallest absolute Gasteiger partial charge is 0.134 e. The Kier molecular flexibility index (Phi) is 4.72. The van der Waals surface area contributed by atoms with Gasteiger partial charge in [-0.1, -0.05) is 41.4 Å². The monoisotopic (exact) mass is 333 g/mol. The normalized spacial score (nSPS) is 11.2. The summed E-state index contributed by atoms with van der Waals surface area (Å²) in [5, 5.41) is 5.73. The third-order valence-electron chi connectivity index (χ3n) is 3.60. The maximum atomic E-state index is 6.01. The summed E-state index contributed by atoms with van der Waals surface area (Å²) in [5.74, 6) is 0.953. The number of hydrogen-bond donors (Lipinski definition) is 1. The van der Waals surface area contributed by atoms with Gasteiger partial charge in [0, 0.05) is 5.39 Å². The molecule has 0 aliphatic rings. The summed E-state index contributed by atoms with van der Waals surface area (Å²) < 4.78 is 5.83. The minimum absolute atomic E-state index is 0.593. The van der Waals surface area contributed by atoms with Crippen LogP contribution in [0.4, 0.5) is 0 Å². The van der Waals surface area contributed by atoms with Crippen molar-refractivity contribution in [2.45, 2.75) is 19.9 Å². The summed E-state index contributed by atoms with van der Waals surface area (Å²) in [6.45, 7) is 3.64. The largest absolute Gasteiger partial charge is 0.460 e. The molecule has 0 amide bonds. The van der Waals surface area contributed by atoms with Crippen LogP contribution >= 0.6 is 23.2 Å². The molecular weight excluding hydrogens is 317 g/mol. The molecule has 3 rings (SSSR count). The average molecular weight is 334 g/mol. The van der Waals surface area contributed by atoms with Crippen molar-refractivity contribution in [2.75, 3.05) is 6.54 Å². The van der Waals surface area contributed by atoms with E-state index in [1.165, 1.54) is 11.1 Å². The van der Waals surface area contributed by atoms with E-state index in [0.717, 1.165) is 36.2 Å². The Labute approximate surface area is 140 Å². The molecule has 0 atom stereocenters. The molecule has 0 aliphatic carbocycles. The van der Waals surface area contributed by atoms with E-state index in [0.29, 0.717) is 10.0 Å². The van der Waals surface area contributed by atoms with Crippen LogP contribution in [0.3, 0.4) is 0 Å². The van der Waals surface area contributed by atoms with Crippen molar-refractivity contribution in [1.29, 1.82) is 0 Å². The number of nitrogens with one attached hydrogen (secondary N) is 1. The highest BCUT2D eigenvalue weighted by molar-refractivity contribution is 6.42. The minimum Gasteiger partial charge on any atom is -0.460 e. The lowest BCUT2D eigenvalue weighted by molar-refractivity contribution is 0.515. The van der Waals surface area contributed by atoms with Crippen LogP contribution in [0.2, 0.25) is 10.0 Å². The third-order valence-corrected chi connectivity index (χ3v) is 4.34. The van der Waals surface area contributed by atoms with Crippen molar-refractivity contribution in [3.05, 3.63) is 69.4 Å². The average Bonchev–Trinajstić information content (AvgIpc) is 2.89. The van der Waals surface area contributed by atoms with E-state index in [2.05, 4.69) is 36.5 Å². The van der Waals surface area contributed by atoms with Crippen molar-refractivity contribution in [1.82, 2.24) is 5.32 Å². The first kappa shape index (κ1) is 15.4. The molecule has 0 saturated carbocycles. The molecule has 1 aromatic heterocycles. The highest BCUT2D eigenvalue weighted by Gasteiger charge is 2.04. The molecular formula is C18H17Cl2NO. The molecule has 1 N–H and O–H groups in total. The second kappa shape index (κ2) is 6.74. The van der Waals surface area contributed by atoms with Gasteiger partial charge in [-0.05, 0) is 55.3 Å². The van der Waals surface area contributed by atoms with Gasteiger partial charge in [0.05, 0.1) is 16.6 Å². The number of hydrogen-bond acceptors (Lipinski definition) is 2. The zero-order valence-corrected chi connectivity index (χ0v) is 13.8. The van der Waals surface area contributed by atoms with Gasteiger partial charge in [-0.25, -0.2) is 0 Å². The van der Waals surface area contributed by atoms with E-state index < -0.39 is 0 Å². The molecule has 114 valence electrons. The Balaban J connectivity index is 1.54. The zero-order valence-electron chi connectivity index (χ0n) is 12.3. The van der Waals surface area contributed by atoms with Gasteiger partial charge in [0.15, 0.2) is 0 Å². The fourth-order valence-corrected chi connectivity index (χ4v) is 2.74. The highest BCUT2D eigenvalue weighted by Crippen LogP contribution is 2.23. The standard InChI is InChI=1S/C18H17Cl2NO/c1-12-2-4-14-10-15(22-18(14)8-12)11-21-7-6-13-3-5-16(19)17(20)9-13/h2-5,8-10,21H,6-7,11H2,1H3. The molecule has 22 heavy (non-hydrogen) atoms. The second-order valence-electron chi connectivity index (χ2n) is 5.43. The zero-order chi connectivity index (χ0) is 15.5. The summed E-state index contributed by atoms with van der Waals surface area (Å²) in [4.78, 5) is 0. The Morgan fingerprint density at radius 2 is 1.86 bits per heavy atom. The molecule has 0 spiro atoms. The van der Waals surface area contributed by atoms with Crippen LogP contribution in [0.5, 0.6) is 0 Å². The number of benzene rings is 2. The van der Waals surface area contributed by atoms with Crippen LogP contribution in [0, 0.1) is 6.92 Å². The van der Waals surface area contributed by atoms with Gasteiger partial charge in [0.2, 0.25) is 0 Å². The summed E-state index contributed by atoms with van der Waals surface area (Å²) in [7, 11) is 0. The van der Waals surface area contributed by atoms with E-state index in [-0.39, 0.29) is 0 Å². The summed E-state index contributed by atoms with van der Waals surface area (Å²) in [5.41, 5.74) is 3.32. The van der Waals surface area contributed by atoms with Crippen molar-refractivity contribution in [3.63, 3.8) is 0 Å². The molecule has 0 fully saturated rings. The first-order chi connectivity index (χ1) is 10.6. The molecule has 2 nitrogen and oxygen atoms in total. The number of fused-ring (bicyclic) bond motifs is 1. The molecule has 0 unspecified atom stereocenters. The van der Waals surface area contributed by atoms with Gasteiger partial charge in [0.1, 0.15) is 11.3 Å². The Hall–Kier alpha value is -1.48.